The molecule has 0 saturated heterocycles. The summed E-state index contributed by atoms with van der Waals surface area (Å²) in [4.78, 5) is 4.31. The zero-order valence-electron chi connectivity index (χ0n) is 10.4. The Morgan fingerprint density at radius 2 is 2.19 bits per heavy atom. The minimum atomic E-state index is 0.258. The van der Waals surface area contributed by atoms with Crippen molar-refractivity contribution in [1.29, 1.82) is 0 Å². The maximum Gasteiger partial charge on any atom is 0.0965 e. The van der Waals surface area contributed by atoms with Gasteiger partial charge in [-0.1, -0.05) is 27.2 Å². The summed E-state index contributed by atoms with van der Waals surface area (Å²) in [6.45, 7) is 8.43. The molecule has 0 fully saturated rings. The lowest BCUT2D eigenvalue weighted by Gasteiger charge is -2.19. The van der Waals surface area contributed by atoms with Gasteiger partial charge in [-0.15, -0.1) is 11.3 Å². The highest BCUT2D eigenvalue weighted by Crippen LogP contribution is 2.16. The van der Waals surface area contributed by atoms with Crippen LogP contribution in [0.25, 0.3) is 0 Å². The van der Waals surface area contributed by atoms with Crippen molar-refractivity contribution >= 4 is 11.3 Å². The summed E-state index contributed by atoms with van der Waals surface area (Å²) in [5.41, 5.74) is 6.06. The van der Waals surface area contributed by atoms with Crippen LogP contribution in [-0.2, 0) is 0 Å². The molecule has 3 atom stereocenters. The Kier molecular flexibility index (Phi) is 5.95. The monoisotopic (exact) mass is 241 g/mol. The third-order valence-corrected chi connectivity index (χ3v) is 4.09. The molecule has 4 heteroatoms. The van der Waals surface area contributed by atoms with Crippen molar-refractivity contribution in [3.63, 3.8) is 0 Å². The van der Waals surface area contributed by atoms with E-state index in [1.165, 1.54) is 5.01 Å². The van der Waals surface area contributed by atoms with Crippen LogP contribution >= 0.6 is 11.3 Å². The lowest BCUT2D eigenvalue weighted by atomic mass is 10.00. The smallest absolute Gasteiger partial charge is 0.0965 e. The zero-order valence-corrected chi connectivity index (χ0v) is 11.3. The molecule has 1 rings (SSSR count). The minimum absolute atomic E-state index is 0.258. The van der Waals surface area contributed by atoms with Crippen molar-refractivity contribution in [1.82, 2.24) is 10.3 Å². The summed E-state index contributed by atoms with van der Waals surface area (Å²) >= 11 is 1.72. The van der Waals surface area contributed by atoms with Crippen molar-refractivity contribution in [3.8, 4) is 0 Å². The maximum atomic E-state index is 6.06. The summed E-state index contributed by atoms with van der Waals surface area (Å²) in [5, 5.41) is 6.65. The Morgan fingerprint density at radius 3 is 2.75 bits per heavy atom. The fourth-order valence-corrected chi connectivity index (χ4v) is 2.23. The molecule has 0 amide bonds. The fourth-order valence-electron chi connectivity index (χ4n) is 1.54. The zero-order chi connectivity index (χ0) is 12.0. The molecule has 16 heavy (non-hydrogen) atoms. The van der Waals surface area contributed by atoms with Gasteiger partial charge in [-0.05, 0) is 5.92 Å². The topological polar surface area (TPSA) is 50.9 Å². The van der Waals surface area contributed by atoms with Crippen molar-refractivity contribution in [2.24, 2.45) is 11.7 Å². The minimum Gasteiger partial charge on any atom is -0.326 e. The summed E-state index contributed by atoms with van der Waals surface area (Å²) in [7, 11) is 0. The lowest BCUT2D eigenvalue weighted by molar-refractivity contribution is 0.415. The highest BCUT2D eigenvalue weighted by Gasteiger charge is 2.12. The standard InChI is InChI=1S/C12H23N3S/c1-4-9(2)11(13)8-14-7-10(3)12-15-5-6-16-12/h5-6,9-11,14H,4,7-8,13H2,1-3H3. The van der Waals surface area contributed by atoms with E-state index in [1.54, 1.807) is 11.3 Å². The Morgan fingerprint density at radius 1 is 1.44 bits per heavy atom. The van der Waals surface area contributed by atoms with Gasteiger partial charge in [0.15, 0.2) is 0 Å². The van der Waals surface area contributed by atoms with Gasteiger partial charge in [0.2, 0.25) is 0 Å². The molecule has 0 aliphatic heterocycles. The van der Waals surface area contributed by atoms with Crippen LogP contribution in [0.1, 0.15) is 38.1 Å². The first-order chi connectivity index (χ1) is 7.65. The highest BCUT2D eigenvalue weighted by molar-refractivity contribution is 7.09. The van der Waals surface area contributed by atoms with Crippen LogP contribution in [0.4, 0.5) is 0 Å². The van der Waals surface area contributed by atoms with E-state index < -0.39 is 0 Å². The Hall–Kier alpha value is -0.450. The van der Waals surface area contributed by atoms with Crippen molar-refractivity contribution in [2.45, 2.75) is 39.2 Å². The van der Waals surface area contributed by atoms with E-state index in [0.29, 0.717) is 11.8 Å². The van der Waals surface area contributed by atoms with E-state index in [2.05, 4.69) is 31.1 Å². The number of nitrogens with two attached hydrogens (primary N) is 1. The van der Waals surface area contributed by atoms with Gasteiger partial charge in [0.25, 0.3) is 0 Å². The van der Waals surface area contributed by atoms with Gasteiger partial charge >= 0.3 is 0 Å². The predicted octanol–water partition coefficient (Wildman–Crippen LogP) is 2.21. The summed E-state index contributed by atoms with van der Waals surface area (Å²) in [6.07, 6.45) is 3.01. The van der Waals surface area contributed by atoms with E-state index in [0.717, 1.165) is 19.5 Å². The fraction of sp³-hybridized carbons (Fsp3) is 0.750. The molecule has 3 nitrogen and oxygen atoms in total. The lowest BCUT2D eigenvalue weighted by Crippen LogP contribution is -2.39. The largest absolute Gasteiger partial charge is 0.326 e. The molecule has 0 aliphatic carbocycles. The van der Waals surface area contributed by atoms with Crippen LogP contribution in [0, 0.1) is 5.92 Å². The van der Waals surface area contributed by atoms with Crippen LogP contribution in [0.5, 0.6) is 0 Å². The molecule has 0 aliphatic rings. The van der Waals surface area contributed by atoms with Crippen LogP contribution in [0.15, 0.2) is 11.6 Å². The SMILES string of the molecule is CCC(C)C(N)CNCC(C)c1nccs1. The average molecular weight is 241 g/mol. The second kappa shape index (κ2) is 6.99. The Labute approximate surface area is 102 Å². The van der Waals surface area contributed by atoms with E-state index in [9.17, 15) is 0 Å². The summed E-state index contributed by atoms with van der Waals surface area (Å²) in [6, 6.07) is 0.258. The van der Waals surface area contributed by atoms with Gasteiger partial charge in [0.1, 0.15) is 0 Å². The second-order valence-corrected chi connectivity index (χ2v) is 5.41. The van der Waals surface area contributed by atoms with Crippen LogP contribution < -0.4 is 11.1 Å². The second-order valence-electron chi connectivity index (χ2n) is 4.48. The first-order valence-corrected chi connectivity index (χ1v) is 6.88. The summed E-state index contributed by atoms with van der Waals surface area (Å²) < 4.78 is 0. The molecule has 1 aromatic rings. The van der Waals surface area contributed by atoms with E-state index in [4.69, 9.17) is 5.73 Å². The van der Waals surface area contributed by atoms with Crippen LogP contribution in [0.3, 0.4) is 0 Å². The van der Waals surface area contributed by atoms with E-state index >= 15 is 0 Å². The number of rotatable bonds is 7. The van der Waals surface area contributed by atoms with E-state index in [1.807, 2.05) is 11.6 Å². The normalized spacial score (nSPS) is 17.0. The quantitative estimate of drug-likeness (QED) is 0.769. The van der Waals surface area contributed by atoms with Crippen molar-refractivity contribution in [3.05, 3.63) is 16.6 Å². The van der Waals surface area contributed by atoms with Gasteiger partial charge < -0.3 is 11.1 Å². The molecule has 0 aromatic carbocycles. The molecule has 0 radical (unpaired) electrons. The van der Waals surface area contributed by atoms with Crippen molar-refractivity contribution < 1.29 is 0 Å². The molecule has 0 spiro atoms. The molecular formula is C12H23N3S. The van der Waals surface area contributed by atoms with Gasteiger partial charge in [-0.25, -0.2) is 4.98 Å². The summed E-state index contributed by atoms with van der Waals surface area (Å²) in [5.74, 6) is 1.06. The van der Waals surface area contributed by atoms with Gasteiger partial charge in [-0.2, -0.15) is 0 Å². The highest BCUT2D eigenvalue weighted by atomic mass is 32.1. The number of nitrogens with one attached hydrogen (secondary N) is 1. The Balaban J connectivity index is 2.20. The molecule has 92 valence electrons. The predicted molar refractivity (Wildman–Crippen MR) is 70.8 cm³/mol. The van der Waals surface area contributed by atoms with E-state index in [-0.39, 0.29) is 6.04 Å². The molecule has 0 saturated carbocycles. The number of hydrogen-bond acceptors (Lipinski definition) is 4. The number of hydrogen-bond donors (Lipinski definition) is 2. The molecule has 3 N–H and O–H groups in total. The molecular weight excluding hydrogens is 218 g/mol. The van der Waals surface area contributed by atoms with Crippen LogP contribution in [-0.4, -0.2) is 24.1 Å². The van der Waals surface area contributed by atoms with Gasteiger partial charge in [0.05, 0.1) is 5.01 Å². The molecule has 1 heterocycles. The molecule has 0 bridgehead atoms. The van der Waals surface area contributed by atoms with Gasteiger partial charge in [0, 0.05) is 36.6 Å². The average Bonchev–Trinajstić information content (AvgIpc) is 2.81. The number of aromatic nitrogens is 1. The van der Waals surface area contributed by atoms with Crippen molar-refractivity contribution in [2.75, 3.05) is 13.1 Å². The maximum absolute atomic E-state index is 6.06. The first kappa shape index (κ1) is 13.6. The molecule has 3 unspecified atom stereocenters. The number of thiazole rings is 1. The van der Waals surface area contributed by atoms with Crippen LogP contribution in [0.2, 0.25) is 0 Å². The first-order valence-electron chi connectivity index (χ1n) is 6.00. The number of nitrogens with zero attached hydrogens (tertiary/aromatic N) is 1. The third kappa shape index (κ3) is 4.20. The Bertz CT molecular complexity index is 274. The molecule has 1 aromatic heterocycles. The van der Waals surface area contributed by atoms with Gasteiger partial charge in [-0.3, -0.25) is 0 Å². The third-order valence-electron chi connectivity index (χ3n) is 3.08.